The minimum Gasteiger partial charge on any atom is -0.458 e. The normalized spacial score (nSPS) is 47.8. The Kier molecular flexibility index (Phi) is 4.78. The van der Waals surface area contributed by atoms with E-state index in [9.17, 15) is 14.7 Å². The molecule has 4 unspecified atom stereocenters. The molecule has 1 heterocycles. The smallest absolute Gasteiger partial charge is 0.332 e. The Balaban J connectivity index is 1.39. The average molecular weight is 430 g/mol. The van der Waals surface area contributed by atoms with Crippen molar-refractivity contribution >= 4 is 17.7 Å². The summed E-state index contributed by atoms with van der Waals surface area (Å²) in [5.41, 5.74) is 9.03. The van der Waals surface area contributed by atoms with E-state index < -0.39 is 11.6 Å². The molecule has 7 heteroatoms. The van der Waals surface area contributed by atoms with Crippen molar-refractivity contribution in [3.63, 3.8) is 0 Å². The van der Waals surface area contributed by atoms with Gasteiger partial charge in [0.25, 0.3) is 0 Å². The van der Waals surface area contributed by atoms with Crippen LogP contribution in [-0.4, -0.2) is 35.0 Å². The quantitative estimate of drug-likeness (QED) is 0.462. The minimum atomic E-state index is -0.678. The fraction of sp³-hybridized carbons (Fsp3) is 0.792. The number of hydrogen-bond acceptors (Lipinski definition) is 5. The highest BCUT2D eigenvalue weighted by atomic mass is 16.5. The lowest BCUT2D eigenvalue weighted by Gasteiger charge is -2.63. The maximum absolute atomic E-state index is 12.2. The van der Waals surface area contributed by atoms with Crippen molar-refractivity contribution in [1.29, 1.82) is 0 Å². The number of cyclic esters (lactones) is 1. The van der Waals surface area contributed by atoms with Crippen LogP contribution >= 0.6 is 0 Å². The number of fused-ring (bicyclic) bond motifs is 5. The van der Waals surface area contributed by atoms with Gasteiger partial charge in [-0.05, 0) is 92.4 Å². The van der Waals surface area contributed by atoms with Crippen LogP contribution in [0.25, 0.3) is 0 Å². The monoisotopic (exact) mass is 429 g/mol. The fourth-order valence-electron chi connectivity index (χ4n) is 8.45. The zero-order valence-electron chi connectivity index (χ0n) is 18.7. The van der Waals surface area contributed by atoms with E-state index in [-0.39, 0.29) is 22.7 Å². The SMILES string of the molecule is C[C@]12CC/C(=N\NC(N)=O)CC1CCC1[C@@H]2CC[C@]2(C)C(C3=CC(=O)OC3)CCC12O. The van der Waals surface area contributed by atoms with Gasteiger partial charge in [0.1, 0.15) is 6.61 Å². The number of amides is 2. The maximum atomic E-state index is 12.2. The Morgan fingerprint density at radius 1 is 1.19 bits per heavy atom. The molecule has 4 aliphatic carbocycles. The molecule has 1 aliphatic heterocycles. The predicted octanol–water partition coefficient (Wildman–Crippen LogP) is 3.27. The number of rotatable bonds is 2. The third-order valence-electron chi connectivity index (χ3n) is 10.1. The van der Waals surface area contributed by atoms with Gasteiger partial charge in [-0.2, -0.15) is 5.10 Å². The Bertz CT molecular complexity index is 869. The summed E-state index contributed by atoms with van der Waals surface area (Å²) in [5.74, 6) is 1.34. The second kappa shape index (κ2) is 7.06. The number of nitrogens with one attached hydrogen (secondary N) is 1. The Labute approximate surface area is 183 Å². The molecule has 0 spiro atoms. The third-order valence-corrected chi connectivity index (χ3v) is 10.1. The minimum absolute atomic E-state index is 0.190. The maximum Gasteiger partial charge on any atom is 0.332 e. The fourth-order valence-corrected chi connectivity index (χ4v) is 8.45. The van der Waals surface area contributed by atoms with Gasteiger partial charge in [0, 0.05) is 17.2 Å². The van der Waals surface area contributed by atoms with E-state index in [0.29, 0.717) is 24.4 Å². The number of ether oxygens (including phenoxy) is 1. The first-order chi connectivity index (χ1) is 14.7. The molecule has 170 valence electrons. The van der Waals surface area contributed by atoms with Crippen LogP contribution in [0.3, 0.4) is 0 Å². The lowest BCUT2D eigenvalue weighted by Crippen LogP contribution is -2.62. The summed E-state index contributed by atoms with van der Waals surface area (Å²) in [4.78, 5) is 22.7. The van der Waals surface area contributed by atoms with E-state index in [4.69, 9.17) is 10.5 Å². The molecule has 0 aromatic carbocycles. The summed E-state index contributed by atoms with van der Waals surface area (Å²) in [6.07, 6.45) is 10.5. The van der Waals surface area contributed by atoms with Gasteiger partial charge in [0.05, 0.1) is 5.60 Å². The van der Waals surface area contributed by atoms with Crippen molar-refractivity contribution < 1.29 is 19.4 Å². The van der Waals surface area contributed by atoms with Crippen molar-refractivity contribution in [3.8, 4) is 0 Å². The first kappa shape index (κ1) is 21.0. The van der Waals surface area contributed by atoms with Crippen molar-refractivity contribution in [2.45, 2.75) is 77.2 Å². The number of hydrogen-bond donors (Lipinski definition) is 3. The van der Waals surface area contributed by atoms with E-state index in [1.807, 2.05) is 0 Å². The molecule has 0 bridgehead atoms. The zero-order valence-corrected chi connectivity index (χ0v) is 18.7. The summed E-state index contributed by atoms with van der Waals surface area (Å²) >= 11 is 0. The lowest BCUT2D eigenvalue weighted by atomic mass is 9.43. The summed E-state index contributed by atoms with van der Waals surface area (Å²) in [6, 6.07) is -0.612. The van der Waals surface area contributed by atoms with Gasteiger partial charge in [-0.15, -0.1) is 0 Å². The number of hydrazone groups is 1. The van der Waals surface area contributed by atoms with Crippen molar-refractivity contribution in [1.82, 2.24) is 5.43 Å². The van der Waals surface area contributed by atoms with Gasteiger partial charge in [-0.1, -0.05) is 13.8 Å². The van der Waals surface area contributed by atoms with Gasteiger partial charge < -0.3 is 15.6 Å². The summed E-state index contributed by atoms with van der Waals surface area (Å²) in [5, 5.41) is 16.5. The molecule has 7 atom stereocenters. The first-order valence-electron chi connectivity index (χ1n) is 11.9. The van der Waals surface area contributed by atoms with Crippen LogP contribution in [-0.2, 0) is 9.53 Å². The van der Waals surface area contributed by atoms with E-state index in [2.05, 4.69) is 24.4 Å². The van der Waals surface area contributed by atoms with E-state index in [1.165, 1.54) is 0 Å². The average Bonchev–Trinajstić information content (AvgIpc) is 3.26. The first-order valence-corrected chi connectivity index (χ1v) is 11.9. The summed E-state index contributed by atoms with van der Waals surface area (Å²) < 4.78 is 5.22. The van der Waals surface area contributed by atoms with Crippen LogP contribution in [0.5, 0.6) is 0 Å². The third kappa shape index (κ3) is 2.99. The van der Waals surface area contributed by atoms with Gasteiger partial charge >= 0.3 is 12.0 Å². The molecule has 0 aromatic heterocycles. The standard InChI is InChI=1S/C24H35N3O4/c1-22-8-5-16(26-27-21(25)29)12-15(22)3-4-19-18(22)6-9-23(2)17(7-10-24(19,23)30)14-11-20(28)31-13-14/h11,15,17-19,30H,3-10,12-13H2,1-2H3,(H3,25,27,29)/b26-16+/t15?,17?,18-,19?,22-,23+,24?/m0/s1. The molecule has 0 radical (unpaired) electrons. The van der Waals surface area contributed by atoms with Crippen LogP contribution in [0.4, 0.5) is 4.79 Å². The van der Waals surface area contributed by atoms with Crippen LogP contribution in [0.15, 0.2) is 16.8 Å². The molecule has 5 rings (SSSR count). The second-order valence-corrected chi connectivity index (χ2v) is 11.1. The van der Waals surface area contributed by atoms with Gasteiger partial charge in [0.2, 0.25) is 0 Å². The van der Waals surface area contributed by atoms with Crippen molar-refractivity contribution in [2.75, 3.05) is 6.61 Å². The van der Waals surface area contributed by atoms with E-state index >= 15 is 0 Å². The molecule has 0 saturated heterocycles. The Morgan fingerprint density at radius 2 is 2.00 bits per heavy atom. The van der Waals surface area contributed by atoms with Crippen LogP contribution in [0.1, 0.15) is 71.6 Å². The van der Waals surface area contributed by atoms with Crippen LogP contribution in [0, 0.1) is 34.5 Å². The molecule has 31 heavy (non-hydrogen) atoms. The van der Waals surface area contributed by atoms with E-state index in [0.717, 1.165) is 69.1 Å². The lowest BCUT2D eigenvalue weighted by molar-refractivity contribution is -0.200. The van der Waals surface area contributed by atoms with Gasteiger partial charge in [-0.3, -0.25) is 0 Å². The van der Waals surface area contributed by atoms with Crippen LogP contribution < -0.4 is 11.2 Å². The number of primary amides is 1. The van der Waals surface area contributed by atoms with Gasteiger partial charge in [-0.25, -0.2) is 15.0 Å². The molecule has 0 aromatic rings. The summed E-state index contributed by atoms with van der Waals surface area (Å²) in [6.45, 7) is 5.09. The highest BCUT2D eigenvalue weighted by molar-refractivity contribution is 5.87. The molecule has 4 fully saturated rings. The number of nitrogens with zero attached hydrogens (tertiary/aromatic N) is 1. The van der Waals surface area contributed by atoms with Gasteiger partial charge in [0.15, 0.2) is 0 Å². The predicted molar refractivity (Wildman–Crippen MR) is 116 cm³/mol. The molecular weight excluding hydrogens is 394 g/mol. The molecular formula is C24H35N3O4. The largest absolute Gasteiger partial charge is 0.458 e. The van der Waals surface area contributed by atoms with E-state index in [1.54, 1.807) is 6.08 Å². The summed E-state index contributed by atoms with van der Waals surface area (Å²) in [7, 11) is 0. The molecule has 4 N–H and O–H groups in total. The highest BCUT2D eigenvalue weighted by Crippen LogP contribution is 2.69. The number of carbonyl (C=O) groups is 2. The number of esters is 1. The number of aliphatic hydroxyl groups is 1. The Hall–Kier alpha value is -1.89. The van der Waals surface area contributed by atoms with Crippen molar-refractivity contribution in [2.24, 2.45) is 45.3 Å². The molecule has 4 saturated carbocycles. The number of urea groups is 1. The zero-order chi connectivity index (χ0) is 22.0. The highest BCUT2D eigenvalue weighted by Gasteiger charge is 2.67. The number of carbonyl (C=O) groups excluding carboxylic acids is 2. The van der Waals surface area contributed by atoms with Crippen LogP contribution in [0.2, 0.25) is 0 Å². The second-order valence-electron chi connectivity index (χ2n) is 11.1. The molecule has 5 aliphatic rings. The Morgan fingerprint density at radius 3 is 2.71 bits per heavy atom. The van der Waals surface area contributed by atoms with Crippen molar-refractivity contribution in [3.05, 3.63) is 11.6 Å². The topological polar surface area (TPSA) is 114 Å². The molecule has 2 amide bonds. The number of nitrogens with two attached hydrogens (primary N) is 1. The molecule has 7 nitrogen and oxygen atoms in total.